The van der Waals surface area contributed by atoms with Crippen molar-refractivity contribution in [2.24, 2.45) is 0 Å². The first-order valence-electron chi connectivity index (χ1n) is 7.03. The van der Waals surface area contributed by atoms with Gasteiger partial charge in [0.2, 0.25) is 11.8 Å². The van der Waals surface area contributed by atoms with Crippen LogP contribution in [-0.4, -0.2) is 18.4 Å². The number of rotatable bonds is 6. The largest absolute Gasteiger partial charge is 0.367 e. The normalized spacial score (nSPS) is 10.2. The van der Waals surface area contributed by atoms with Crippen molar-refractivity contribution in [1.82, 2.24) is 0 Å². The highest BCUT2D eigenvalue weighted by atomic mass is 19.1. The van der Waals surface area contributed by atoms with E-state index in [4.69, 9.17) is 4.74 Å². The van der Waals surface area contributed by atoms with Gasteiger partial charge in [-0.3, -0.25) is 9.59 Å². The van der Waals surface area contributed by atoms with Gasteiger partial charge < -0.3 is 15.4 Å². The van der Waals surface area contributed by atoms with Crippen LogP contribution in [0.2, 0.25) is 0 Å². The molecule has 0 atom stereocenters. The van der Waals surface area contributed by atoms with Crippen LogP contribution in [0.5, 0.6) is 0 Å². The first kappa shape index (κ1) is 16.6. The molecule has 0 saturated carbocycles. The van der Waals surface area contributed by atoms with Crippen molar-refractivity contribution in [2.45, 2.75) is 13.5 Å². The number of ether oxygens (including phenoxy) is 1. The minimum Gasteiger partial charge on any atom is -0.367 e. The Labute approximate surface area is 133 Å². The molecule has 0 saturated heterocycles. The monoisotopic (exact) mass is 316 g/mol. The molecule has 0 spiro atoms. The van der Waals surface area contributed by atoms with Crippen molar-refractivity contribution >= 4 is 23.2 Å². The Morgan fingerprint density at radius 3 is 2.52 bits per heavy atom. The zero-order chi connectivity index (χ0) is 16.7. The van der Waals surface area contributed by atoms with Crippen molar-refractivity contribution in [1.29, 1.82) is 0 Å². The van der Waals surface area contributed by atoms with Crippen LogP contribution in [0.4, 0.5) is 15.8 Å². The number of benzene rings is 2. The molecule has 2 rings (SSSR count). The van der Waals surface area contributed by atoms with Crippen LogP contribution in [0.1, 0.15) is 12.5 Å². The molecule has 0 bridgehead atoms. The van der Waals surface area contributed by atoms with E-state index >= 15 is 0 Å². The molecule has 23 heavy (non-hydrogen) atoms. The van der Waals surface area contributed by atoms with Crippen LogP contribution in [0.25, 0.3) is 0 Å². The van der Waals surface area contributed by atoms with Gasteiger partial charge in [0.15, 0.2) is 0 Å². The molecule has 5 nitrogen and oxygen atoms in total. The second kappa shape index (κ2) is 8.05. The number of hydrogen-bond acceptors (Lipinski definition) is 3. The summed E-state index contributed by atoms with van der Waals surface area (Å²) in [4.78, 5) is 22.8. The third-order valence-corrected chi connectivity index (χ3v) is 2.91. The lowest BCUT2D eigenvalue weighted by Gasteiger charge is -2.09. The molecule has 0 aliphatic rings. The van der Waals surface area contributed by atoms with Crippen LogP contribution in [0, 0.1) is 5.82 Å². The predicted octanol–water partition coefficient (Wildman–Crippen LogP) is 2.94. The van der Waals surface area contributed by atoms with Crippen LogP contribution in [-0.2, 0) is 20.9 Å². The molecule has 0 fully saturated rings. The fraction of sp³-hybridized carbons (Fsp3) is 0.176. The lowest BCUT2D eigenvalue weighted by molar-refractivity contribution is -0.121. The molecular formula is C17H17FN2O3. The van der Waals surface area contributed by atoms with E-state index in [2.05, 4.69) is 10.6 Å². The van der Waals surface area contributed by atoms with Crippen molar-refractivity contribution in [3.63, 3.8) is 0 Å². The Balaban J connectivity index is 1.86. The molecular weight excluding hydrogens is 299 g/mol. The summed E-state index contributed by atoms with van der Waals surface area (Å²) in [6, 6.07) is 13.4. The number of anilines is 2. The second-order valence-corrected chi connectivity index (χ2v) is 4.90. The molecule has 2 N–H and O–H groups in total. The number of carbonyl (C=O) groups excluding carboxylic acids is 2. The maximum absolute atomic E-state index is 13.5. The van der Waals surface area contributed by atoms with E-state index in [0.29, 0.717) is 12.3 Å². The average Bonchev–Trinajstić information content (AvgIpc) is 2.51. The SMILES string of the molecule is CC(=O)Nc1cc(NC(=O)COCc2ccccc2)ccc1F. The summed E-state index contributed by atoms with van der Waals surface area (Å²) in [7, 11) is 0. The molecule has 0 heterocycles. The fourth-order valence-corrected chi connectivity index (χ4v) is 1.92. The smallest absolute Gasteiger partial charge is 0.250 e. The third-order valence-electron chi connectivity index (χ3n) is 2.91. The summed E-state index contributed by atoms with van der Waals surface area (Å²) in [5, 5.41) is 4.94. The molecule has 2 aromatic carbocycles. The average molecular weight is 316 g/mol. The topological polar surface area (TPSA) is 67.4 Å². The highest BCUT2D eigenvalue weighted by Crippen LogP contribution is 2.19. The standard InChI is InChI=1S/C17H17FN2O3/c1-12(21)19-16-9-14(7-8-15(16)18)20-17(22)11-23-10-13-5-3-2-4-6-13/h2-9H,10-11H2,1H3,(H,19,21)(H,20,22). The summed E-state index contributed by atoms with van der Waals surface area (Å²) in [6.45, 7) is 1.48. The maximum Gasteiger partial charge on any atom is 0.250 e. The Morgan fingerprint density at radius 1 is 1.09 bits per heavy atom. The quantitative estimate of drug-likeness (QED) is 0.861. The third kappa shape index (κ3) is 5.52. The fourth-order valence-electron chi connectivity index (χ4n) is 1.92. The Morgan fingerprint density at radius 2 is 1.83 bits per heavy atom. The number of carbonyl (C=O) groups is 2. The first-order valence-corrected chi connectivity index (χ1v) is 7.03. The highest BCUT2D eigenvalue weighted by Gasteiger charge is 2.08. The highest BCUT2D eigenvalue weighted by molar-refractivity contribution is 5.94. The summed E-state index contributed by atoms with van der Waals surface area (Å²) < 4.78 is 18.8. The summed E-state index contributed by atoms with van der Waals surface area (Å²) in [5.74, 6) is -1.32. The zero-order valence-electron chi connectivity index (χ0n) is 12.6. The van der Waals surface area contributed by atoms with E-state index in [1.807, 2.05) is 30.3 Å². The van der Waals surface area contributed by atoms with Gasteiger partial charge in [0.1, 0.15) is 12.4 Å². The maximum atomic E-state index is 13.5. The van der Waals surface area contributed by atoms with Gasteiger partial charge in [-0.1, -0.05) is 30.3 Å². The van der Waals surface area contributed by atoms with Gasteiger partial charge in [-0.05, 0) is 23.8 Å². The first-order chi connectivity index (χ1) is 11.0. The van der Waals surface area contributed by atoms with Gasteiger partial charge in [0.25, 0.3) is 0 Å². The molecule has 0 aromatic heterocycles. The van der Waals surface area contributed by atoms with Gasteiger partial charge in [-0.25, -0.2) is 4.39 Å². The predicted molar refractivity (Wildman–Crippen MR) is 85.4 cm³/mol. The Bertz CT molecular complexity index is 689. The van der Waals surface area contributed by atoms with Crippen molar-refractivity contribution in [2.75, 3.05) is 17.2 Å². The molecule has 0 aliphatic heterocycles. The van der Waals surface area contributed by atoms with E-state index < -0.39 is 11.7 Å². The number of nitrogens with one attached hydrogen (secondary N) is 2. The van der Waals surface area contributed by atoms with E-state index in [0.717, 1.165) is 5.56 Å². The van der Waals surface area contributed by atoms with E-state index in [9.17, 15) is 14.0 Å². The van der Waals surface area contributed by atoms with Crippen molar-refractivity contribution in [3.05, 3.63) is 59.9 Å². The molecule has 0 aliphatic carbocycles. The van der Waals surface area contributed by atoms with Gasteiger partial charge in [-0.2, -0.15) is 0 Å². The number of hydrogen-bond donors (Lipinski definition) is 2. The van der Waals surface area contributed by atoms with Crippen LogP contribution >= 0.6 is 0 Å². The molecule has 2 amide bonds. The summed E-state index contributed by atoms with van der Waals surface area (Å²) >= 11 is 0. The molecule has 120 valence electrons. The zero-order valence-corrected chi connectivity index (χ0v) is 12.6. The van der Waals surface area contributed by atoms with Crippen molar-refractivity contribution in [3.8, 4) is 0 Å². The minimum absolute atomic E-state index is 0.0144. The molecule has 0 radical (unpaired) electrons. The number of amides is 2. The van der Waals surface area contributed by atoms with Crippen molar-refractivity contribution < 1.29 is 18.7 Å². The van der Waals surface area contributed by atoms with Gasteiger partial charge in [0, 0.05) is 12.6 Å². The molecule has 0 unspecified atom stereocenters. The second-order valence-electron chi connectivity index (χ2n) is 4.90. The van der Waals surface area contributed by atoms with Gasteiger partial charge in [-0.15, -0.1) is 0 Å². The van der Waals surface area contributed by atoms with Crippen LogP contribution in [0.3, 0.4) is 0 Å². The Hall–Kier alpha value is -2.73. The van der Waals surface area contributed by atoms with Gasteiger partial charge >= 0.3 is 0 Å². The van der Waals surface area contributed by atoms with Crippen LogP contribution < -0.4 is 10.6 Å². The van der Waals surface area contributed by atoms with E-state index in [1.165, 1.54) is 25.1 Å². The lowest BCUT2D eigenvalue weighted by Crippen LogP contribution is -2.18. The van der Waals surface area contributed by atoms with Crippen LogP contribution in [0.15, 0.2) is 48.5 Å². The molecule has 2 aromatic rings. The van der Waals surface area contributed by atoms with E-state index in [1.54, 1.807) is 0 Å². The number of halogens is 1. The molecule has 6 heteroatoms. The summed E-state index contributed by atoms with van der Waals surface area (Å²) in [6.07, 6.45) is 0. The minimum atomic E-state index is -0.571. The lowest BCUT2D eigenvalue weighted by atomic mass is 10.2. The van der Waals surface area contributed by atoms with Gasteiger partial charge in [0.05, 0.1) is 12.3 Å². The van der Waals surface area contributed by atoms with E-state index in [-0.39, 0.29) is 18.2 Å². The Kier molecular flexibility index (Phi) is 5.82. The summed E-state index contributed by atoms with van der Waals surface area (Å²) in [5.41, 5.74) is 1.36.